The Morgan fingerprint density at radius 1 is 0.536 bits per heavy atom. The Kier molecular flexibility index (Phi) is 5.51. The molecule has 0 aliphatic rings. The smallest absolute Gasteiger partial charge is 0.118 e. The number of hydrogen-bond donors (Lipinski definition) is 2. The zero-order chi connectivity index (χ0) is 20.6. The van der Waals surface area contributed by atoms with Crippen LogP contribution in [0.15, 0.2) is 36.4 Å². The largest absolute Gasteiger partial charge is 0.508 e. The first-order valence-electron chi connectivity index (χ1n) is 9.84. The van der Waals surface area contributed by atoms with Crippen LogP contribution in [0.3, 0.4) is 0 Å². The molecule has 0 bridgehead atoms. The molecule has 146 valence electrons. The highest BCUT2D eigenvalue weighted by atomic mass is 16.3. The summed E-state index contributed by atoms with van der Waals surface area (Å²) in [4.78, 5) is 0. The Labute approximate surface area is 168 Å². The maximum atomic E-state index is 9.80. The second-order valence-electron chi connectivity index (χ2n) is 8.05. The average molecular weight is 375 g/mol. The lowest BCUT2D eigenvalue weighted by molar-refractivity contribution is 0.470. The summed E-state index contributed by atoms with van der Waals surface area (Å²) in [6.07, 6.45) is 1.75. The van der Waals surface area contributed by atoms with E-state index >= 15 is 0 Å². The van der Waals surface area contributed by atoms with E-state index in [1.165, 1.54) is 44.5 Å². The SMILES string of the molecule is Cc1cc(Cc2c(C)c(C)c(Cc3ccc(O)c(C)c3)c(C)c2C)ccc1O. The molecule has 0 aliphatic carbocycles. The fraction of sp³-hybridized carbons (Fsp3) is 0.308. The van der Waals surface area contributed by atoms with E-state index in [0.717, 1.165) is 24.0 Å². The van der Waals surface area contributed by atoms with Crippen molar-refractivity contribution >= 4 is 0 Å². The Balaban J connectivity index is 2.01. The lowest BCUT2D eigenvalue weighted by Gasteiger charge is -2.21. The molecule has 0 heterocycles. The number of hydrogen-bond acceptors (Lipinski definition) is 2. The van der Waals surface area contributed by atoms with Crippen molar-refractivity contribution in [2.45, 2.75) is 54.4 Å². The van der Waals surface area contributed by atoms with Crippen molar-refractivity contribution < 1.29 is 10.2 Å². The van der Waals surface area contributed by atoms with Gasteiger partial charge in [0.1, 0.15) is 11.5 Å². The Morgan fingerprint density at radius 3 is 1.14 bits per heavy atom. The van der Waals surface area contributed by atoms with Gasteiger partial charge in [-0.1, -0.05) is 24.3 Å². The minimum atomic E-state index is 0.351. The van der Waals surface area contributed by atoms with E-state index in [-0.39, 0.29) is 0 Å². The van der Waals surface area contributed by atoms with Gasteiger partial charge in [-0.2, -0.15) is 0 Å². The van der Waals surface area contributed by atoms with Crippen molar-refractivity contribution in [1.29, 1.82) is 0 Å². The molecule has 0 unspecified atom stereocenters. The maximum Gasteiger partial charge on any atom is 0.118 e. The highest BCUT2D eigenvalue weighted by Gasteiger charge is 2.16. The predicted octanol–water partition coefficient (Wildman–Crippen LogP) is 6.13. The molecule has 3 aromatic rings. The molecule has 0 aliphatic heterocycles. The number of rotatable bonds is 4. The van der Waals surface area contributed by atoms with Gasteiger partial charge in [-0.15, -0.1) is 0 Å². The molecule has 0 aromatic heterocycles. The van der Waals surface area contributed by atoms with Gasteiger partial charge in [-0.05, 0) is 122 Å². The Hall–Kier alpha value is -2.74. The summed E-state index contributed by atoms with van der Waals surface area (Å²) >= 11 is 0. The van der Waals surface area contributed by atoms with Crippen LogP contribution in [0.2, 0.25) is 0 Å². The van der Waals surface area contributed by atoms with Gasteiger partial charge in [0, 0.05) is 0 Å². The van der Waals surface area contributed by atoms with Gasteiger partial charge >= 0.3 is 0 Å². The van der Waals surface area contributed by atoms with Crippen LogP contribution in [0.25, 0.3) is 0 Å². The minimum absolute atomic E-state index is 0.351. The van der Waals surface area contributed by atoms with Crippen molar-refractivity contribution in [2.24, 2.45) is 0 Å². The summed E-state index contributed by atoms with van der Waals surface area (Å²) in [5.74, 6) is 0.702. The summed E-state index contributed by atoms with van der Waals surface area (Å²) in [5.41, 5.74) is 12.4. The molecule has 2 N–H and O–H groups in total. The van der Waals surface area contributed by atoms with Crippen LogP contribution in [0.5, 0.6) is 11.5 Å². The average Bonchev–Trinajstić information content (AvgIpc) is 2.66. The van der Waals surface area contributed by atoms with Crippen molar-refractivity contribution in [1.82, 2.24) is 0 Å². The molecular weight excluding hydrogens is 344 g/mol. The molecule has 3 rings (SSSR count). The first-order valence-corrected chi connectivity index (χ1v) is 9.84. The molecule has 2 nitrogen and oxygen atoms in total. The normalized spacial score (nSPS) is 11.1. The molecule has 0 radical (unpaired) electrons. The number of aromatic hydroxyl groups is 2. The van der Waals surface area contributed by atoms with Gasteiger partial charge in [0.05, 0.1) is 0 Å². The predicted molar refractivity (Wildman–Crippen MR) is 117 cm³/mol. The van der Waals surface area contributed by atoms with Crippen LogP contribution in [0.4, 0.5) is 0 Å². The van der Waals surface area contributed by atoms with Crippen LogP contribution >= 0.6 is 0 Å². The fourth-order valence-corrected chi connectivity index (χ4v) is 4.06. The van der Waals surface area contributed by atoms with Crippen molar-refractivity contribution in [3.63, 3.8) is 0 Å². The molecule has 2 heteroatoms. The standard InChI is InChI=1S/C26H30O2/c1-15-11-21(7-9-25(15)27)13-23-17(3)19(5)24(20(6)18(23)4)14-22-8-10-26(28)16(2)12-22/h7-12,27-28H,13-14H2,1-6H3. The zero-order valence-corrected chi connectivity index (χ0v) is 17.8. The van der Waals surface area contributed by atoms with Crippen LogP contribution in [0, 0.1) is 41.5 Å². The fourth-order valence-electron chi connectivity index (χ4n) is 4.06. The third-order valence-electron chi connectivity index (χ3n) is 6.22. The topological polar surface area (TPSA) is 40.5 Å². The second kappa shape index (κ2) is 7.71. The number of phenols is 2. The summed E-state index contributed by atoms with van der Waals surface area (Å²) in [7, 11) is 0. The molecule has 0 fully saturated rings. The molecule has 0 saturated carbocycles. The molecule has 0 spiro atoms. The molecule has 0 amide bonds. The molecule has 28 heavy (non-hydrogen) atoms. The molecular formula is C26H30O2. The number of aryl methyl sites for hydroxylation is 2. The van der Waals surface area contributed by atoms with Crippen molar-refractivity contribution in [3.8, 4) is 11.5 Å². The third kappa shape index (κ3) is 3.77. The van der Waals surface area contributed by atoms with E-state index in [1.807, 2.05) is 26.0 Å². The zero-order valence-electron chi connectivity index (χ0n) is 17.8. The second-order valence-corrected chi connectivity index (χ2v) is 8.05. The molecule has 0 saturated heterocycles. The quantitative estimate of drug-likeness (QED) is 0.577. The summed E-state index contributed by atoms with van der Waals surface area (Å²) in [5, 5.41) is 19.6. The van der Waals surface area contributed by atoms with Crippen LogP contribution in [-0.2, 0) is 12.8 Å². The highest BCUT2D eigenvalue weighted by Crippen LogP contribution is 2.31. The van der Waals surface area contributed by atoms with Gasteiger partial charge in [-0.3, -0.25) is 0 Å². The van der Waals surface area contributed by atoms with E-state index in [9.17, 15) is 10.2 Å². The lowest BCUT2D eigenvalue weighted by Crippen LogP contribution is -2.07. The van der Waals surface area contributed by atoms with Gasteiger partial charge < -0.3 is 10.2 Å². The summed E-state index contributed by atoms with van der Waals surface area (Å²) in [6.45, 7) is 12.8. The maximum absolute atomic E-state index is 9.80. The minimum Gasteiger partial charge on any atom is -0.508 e. The van der Waals surface area contributed by atoms with E-state index in [1.54, 1.807) is 12.1 Å². The monoisotopic (exact) mass is 374 g/mol. The van der Waals surface area contributed by atoms with Gasteiger partial charge in [0.25, 0.3) is 0 Å². The van der Waals surface area contributed by atoms with Crippen molar-refractivity contribution in [3.05, 3.63) is 92.0 Å². The van der Waals surface area contributed by atoms with Gasteiger partial charge in [0.2, 0.25) is 0 Å². The van der Waals surface area contributed by atoms with Gasteiger partial charge in [-0.25, -0.2) is 0 Å². The lowest BCUT2D eigenvalue weighted by atomic mass is 9.84. The first kappa shape index (κ1) is 20.0. The van der Waals surface area contributed by atoms with Gasteiger partial charge in [0.15, 0.2) is 0 Å². The first-order chi connectivity index (χ1) is 13.2. The molecule has 3 aromatic carbocycles. The number of benzene rings is 3. The Bertz CT molecular complexity index is 931. The van der Waals surface area contributed by atoms with Crippen LogP contribution in [0.1, 0.15) is 55.6 Å². The van der Waals surface area contributed by atoms with E-state index in [0.29, 0.717) is 11.5 Å². The summed E-state index contributed by atoms with van der Waals surface area (Å²) in [6, 6.07) is 11.8. The molecule has 0 atom stereocenters. The number of phenolic OH excluding ortho intramolecular Hbond substituents is 2. The third-order valence-corrected chi connectivity index (χ3v) is 6.22. The van der Waals surface area contributed by atoms with Crippen molar-refractivity contribution in [2.75, 3.05) is 0 Å². The van der Waals surface area contributed by atoms with Crippen LogP contribution < -0.4 is 0 Å². The highest BCUT2D eigenvalue weighted by molar-refractivity contribution is 5.53. The van der Waals surface area contributed by atoms with E-state index in [2.05, 4.69) is 39.8 Å². The van der Waals surface area contributed by atoms with Crippen LogP contribution in [-0.4, -0.2) is 10.2 Å². The van der Waals surface area contributed by atoms with E-state index in [4.69, 9.17) is 0 Å². The van der Waals surface area contributed by atoms with E-state index < -0.39 is 0 Å². The summed E-state index contributed by atoms with van der Waals surface area (Å²) < 4.78 is 0. The Morgan fingerprint density at radius 2 is 0.857 bits per heavy atom.